The second-order valence-corrected chi connectivity index (χ2v) is 1.71. The first-order valence-corrected chi connectivity index (χ1v) is 3.33. The van der Waals surface area contributed by atoms with Crippen molar-refractivity contribution < 1.29 is 21.1 Å². The molecular formula is C6H16N2Pt+2. The van der Waals surface area contributed by atoms with E-state index in [0.29, 0.717) is 0 Å². The molecule has 58 valence electrons. The van der Waals surface area contributed by atoms with Crippen LogP contribution >= 0.6 is 0 Å². The third kappa shape index (κ3) is 12.0. The second-order valence-electron chi connectivity index (χ2n) is 1.71. The molecule has 0 radical (unpaired) electrons. The van der Waals surface area contributed by atoms with Gasteiger partial charge in [-0.3, -0.25) is 0 Å². The molecule has 0 bridgehead atoms. The van der Waals surface area contributed by atoms with Crippen LogP contribution in [0, 0.1) is 0 Å². The maximum Gasteiger partial charge on any atom is 2.00 e. The molecule has 0 aliphatic carbocycles. The molecule has 0 aliphatic heterocycles. The Kier molecular flexibility index (Phi) is 15.6. The fourth-order valence-corrected chi connectivity index (χ4v) is 0.530. The summed E-state index contributed by atoms with van der Waals surface area (Å²) < 4.78 is 0. The molecule has 0 aromatic rings. The van der Waals surface area contributed by atoms with E-state index in [1.807, 2.05) is 0 Å². The molecule has 0 rings (SSSR count). The fourth-order valence-electron chi connectivity index (χ4n) is 0.530. The monoisotopic (exact) mass is 311 g/mol. The summed E-state index contributed by atoms with van der Waals surface area (Å²) in [5.41, 5.74) is 0. The molecule has 0 aromatic heterocycles. The largest absolute Gasteiger partial charge is 2.00 e. The summed E-state index contributed by atoms with van der Waals surface area (Å²) in [5, 5.41) is 6.44. The normalized spacial score (nSPS) is 8.67. The van der Waals surface area contributed by atoms with Gasteiger partial charge in [-0.2, -0.15) is 0 Å². The third-order valence-electron chi connectivity index (χ3n) is 0.979. The molecule has 0 unspecified atom stereocenters. The predicted molar refractivity (Wildman–Crippen MR) is 37.1 cm³/mol. The molecule has 9 heavy (non-hydrogen) atoms. The Morgan fingerprint density at radius 2 is 1.22 bits per heavy atom. The summed E-state index contributed by atoms with van der Waals surface area (Å²) in [6.45, 7) is 8.56. The van der Waals surface area contributed by atoms with Crippen molar-refractivity contribution in [3.8, 4) is 0 Å². The van der Waals surface area contributed by atoms with E-state index < -0.39 is 0 Å². The number of hydrogen-bond acceptors (Lipinski definition) is 2. The van der Waals surface area contributed by atoms with E-state index in [-0.39, 0.29) is 21.1 Å². The quantitative estimate of drug-likeness (QED) is 0.709. The summed E-state index contributed by atoms with van der Waals surface area (Å²) in [6.07, 6.45) is 0. The van der Waals surface area contributed by atoms with Gasteiger partial charge in [0.15, 0.2) is 0 Å². The number of hydrogen-bond donors (Lipinski definition) is 2. The minimum Gasteiger partial charge on any atom is -0.316 e. The van der Waals surface area contributed by atoms with E-state index in [9.17, 15) is 0 Å². The van der Waals surface area contributed by atoms with Gasteiger partial charge in [0.25, 0.3) is 0 Å². The second kappa shape index (κ2) is 11.4. The van der Waals surface area contributed by atoms with Gasteiger partial charge in [0, 0.05) is 13.1 Å². The molecular weight excluding hydrogens is 295 g/mol. The van der Waals surface area contributed by atoms with Crippen LogP contribution in [0.4, 0.5) is 0 Å². The maximum absolute atomic E-state index is 3.22. The van der Waals surface area contributed by atoms with Crippen LogP contribution < -0.4 is 10.6 Å². The van der Waals surface area contributed by atoms with Gasteiger partial charge in [0.1, 0.15) is 0 Å². The first-order valence-electron chi connectivity index (χ1n) is 3.33. The summed E-state index contributed by atoms with van der Waals surface area (Å²) in [7, 11) is 0. The van der Waals surface area contributed by atoms with E-state index >= 15 is 0 Å². The van der Waals surface area contributed by atoms with Crippen molar-refractivity contribution >= 4 is 0 Å². The summed E-state index contributed by atoms with van der Waals surface area (Å²) >= 11 is 0. The van der Waals surface area contributed by atoms with Crippen molar-refractivity contribution in [3.63, 3.8) is 0 Å². The van der Waals surface area contributed by atoms with E-state index in [0.717, 1.165) is 26.2 Å². The van der Waals surface area contributed by atoms with Gasteiger partial charge in [-0.1, -0.05) is 13.8 Å². The van der Waals surface area contributed by atoms with Gasteiger partial charge in [-0.15, -0.1) is 0 Å². The van der Waals surface area contributed by atoms with Crippen LogP contribution in [-0.2, 0) is 21.1 Å². The van der Waals surface area contributed by atoms with E-state index in [1.165, 1.54) is 0 Å². The van der Waals surface area contributed by atoms with Crippen molar-refractivity contribution in [3.05, 3.63) is 0 Å². The number of rotatable bonds is 5. The topological polar surface area (TPSA) is 24.1 Å². The van der Waals surface area contributed by atoms with Crippen molar-refractivity contribution in [2.75, 3.05) is 26.2 Å². The first-order chi connectivity index (χ1) is 3.91. The van der Waals surface area contributed by atoms with Crippen LogP contribution in [0.25, 0.3) is 0 Å². The molecule has 0 atom stereocenters. The zero-order valence-electron chi connectivity index (χ0n) is 6.14. The van der Waals surface area contributed by atoms with Crippen molar-refractivity contribution in [1.29, 1.82) is 0 Å². The maximum atomic E-state index is 3.22. The molecule has 0 spiro atoms. The van der Waals surface area contributed by atoms with Gasteiger partial charge in [0.2, 0.25) is 0 Å². The van der Waals surface area contributed by atoms with Crippen LogP contribution in [0.15, 0.2) is 0 Å². The molecule has 2 nitrogen and oxygen atoms in total. The van der Waals surface area contributed by atoms with E-state index in [2.05, 4.69) is 24.5 Å². The smallest absolute Gasteiger partial charge is 0.316 e. The molecule has 0 saturated heterocycles. The molecule has 0 aromatic carbocycles. The van der Waals surface area contributed by atoms with Gasteiger partial charge in [0.05, 0.1) is 0 Å². The van der Waals surface area contributed by atoms with Crippen LogP contribution in [0.2, 0.25) is 0 Å². The minimum atomic E-state index is 0. The van der Waals surface area contributed by atoms with Crippen molar-refractivity contribution in [2.45, 2.75) is 13.8 Å². The molecule has 2 N–H and O–H groups in total. The predicted octanol–water partition coefficient (Wildman–Crippen LogP) is 0.203. The Morgan fingerprint density at radius 3 is 1.44 bits per heavy atom. The molecule has 0 heterocycles. The Morgan fingerprint density at radius 1 is 0.889 bits per heavy atom. The minimum absolute atomic E-state index is 0. The molecule has 0 aliphatic rings. The van der Waals surface area contributed by atoms with Crippen molar-refractivity contribution in [2.24, 2.45) is 0 Å². The summed E-state index contributed by atoms with van der Waals surface area (Å²) in [5.74, 6) is 0. The summed E-state index contributed by atoms with van der Waals surface area (Å²) in [4.78, 5) is 0. The molecule has 3 heteroatoms. The molecule has 0 amide bonds. The van der Waals surface area contributed by atoms with E-state index in [1.54, 1.807) is 0 Å². The average Bonchev–Trinajstić information content (AvgIpc) is 1.81. The molecule has 0 saturated carbocycles. The van der Waals surface area contributed by atoms with Crippen LogP contribution in [0.5, 0.6) is 0 Å². The van der Waals surface area contributed by atoms with Gasteiger partial charge >= 0.3 is 21.1 Å². The Balaban J connectivity index is 0. The van der Waals surface area contributed by atoms with Crippen LogP contribution in [0.1, 0.15) is 13.8 Å². The van der Waals surface area contributed by atoms with E-state index in [4.69, 9.17) is 0 Å². The van der Waals surface area contributed by atoms with Crippen molar-refractivity contribution in [1.82, 2.24) is 10.6 Å². The SMILES string of the molecule is CCNCCNCC.[Pt+2]. The fraction of sp³-hybridized carbons (Fsp3) is 1.00. The first kappa shape index (κ1) is 12.3. The van der Waals surface area contributed by atoms with Gasteiger partial charge in [-0.05, 0) is 13.1 Å². The Bertz CT molecular complexity index is 36.0. The standard InChI is InChI=1S/C6H16N2.Pt/c1-3-7-5-6-8-4-2;/h7-8H,3-6H2,1-2H3;/q;+2. The Labute approximate surface area is 72.1 Å². The number of nitrogens with one attached hydrogen (secondary N) is 2. The molecule has 0 fully saturated rings. The zero-order chi connectivity index (χ0) is 6.24. The van der Waals surface area contributed by atoms with Crippen LogP contribution in [-0.4, -0.2) is 26.2 Å². The Hall–Kier alpha value is 0.608. The van der Waals surface area contributed by atoms with Gasteiger partial charge in [-0.25, -0.2) is 0 Å². The summed E-state index contributed by atoms with van der Waals surface area (Å²) in [6, 6.07) is 0. The zero-order valence-corrected chi connectivity index (χ0v) is 8.42. The number of likely N-dealkylation sites (N-methyl/N-ethyl adjacent to an activating group) is 2. The van der Waals surface area contributed by atoms with Crippen LogP contribution in [0.3, 0.4) is 0 Å². The van der Waals surface area contributed by atoms with Gasteiger partial charge < -0.3 is 10.6 Å². The average molecular weight is 311 g/mol. The third-order valence-corrected chi connectivity index (χ3v) is 0.979.